The van der Waals surface area contributed by atoms with Gasteiger partial charge in [-0.1, -0.05) is 23.4 Å². The lowest BCUT2D eigenvalue weighted by atomic mass is 10.0. The first-order valence-corrected chi connectivity index (χ1v) is 5.97. The summed E-state index contributed by atoms with van der Waals surface area (Å²) in [6.07, 6.45) is 9.15. The minimum Gasteiger partial charge on any atom is -0.390 e. The lowest BCUT2D eigenvalue weighted by molar-refractivity contribution is 0.128. The van der Waals surface area contributed by atoms with E-state index in [2.05, 4.69) is 17.4 Å². The third-order valence-corrected chi connectivity index (χ3v) is 2.80. The molecule has 0 N–H and O–H groups in total. The van der Waals surface area contributed by atoms with Crippen LogP contribution in [0.5, 0.6) is 0 Å². The number of halogens is 2. The van der Waals surface area contributed by atoms with Crippen molar-refractivity contribution in [3.8, 4) is 0 Å². The Balaban J connectivity index is 1.86. The van der Waals surface area contributed by atoms with E-state index >= 15 is 0 Å². The normalized spacial score (nSPS) is 15.8. The van der Waals surface area contributed by atoms with E-state index in [1.54, 1.807) is 0 Å². The molecular formula is C14H14F2NO. The molecule has 1 radical (unpaired) electrons. The Morgan fingerprint density at radius 3 is 2.94 bits per heavy atom. The molecule has 0 amide bonds. The molecule has 95 valence electrons. The highest BCUT2D eigenvalue weighted by Crippen LogP contribution is 2.16. The Bertz CT molecular complexity index is 469. The Kier molecular flexibility index (Phi) is 4.45. The van der Waals surface area contributed by atoms with Crippen molar-refractivity contribution in [3.05, 3.63) is 47.0 Å². The molecule has 1 aliphatic carbocycles. The Morgan fingerprint density at radius 2 is 2.17 bits per heavy atom. The molecule has 2 rings (SSSR count). The van der Waals surface area contributed by atoms with Crippen molar-refractivity contribution in [1.82, 2.24) is 0 Å². The largest absolute Gasteiger partial charge is 0.390 e. The van der Waals surface area contributed by atoms with Crippen molar-refractivity contribution in [3.63, 3.8) is 0 Å². The van der Waals surface area contributed by atoms with Crippen LogP contribution in [-0.2, 0) is 11.4 Å². The first-order chi connectivity index (χ1) is 8.77. The van der Waals surface area contributed by atoms with E-state index in [0.717, 1.165) is 30.9 Å². The molecular weight excluding hydrogens is 236 g/mol. The summed E-state index contributed by atoms with van der Waals surface area (Å²) >= 11 is 0. The smallest absolute Gasteiger partial charge is 0.165 e. The number of benzene rings is 1. The average molecular weight is 250 g/mol. The van der Waals surface area contributed by atoms with Crippen LogP contribution in [0.2, 0.25) is 0 Å². The molecule has 0 saturated heterocycles. The fourth-order valence-electron chi connectivity index (χ4n) is 1.79. The summed E-state index contributed by atoms with van der Waals surface area (Å²) in [5.74, 6) is -1.76. The fraction of sp³-hybridized carbons (Fsp3) is 0.357. The molecule has 0 aromatic heterocycles. The molecule has 0 unspecified atom stereocenters. The number of allylic oxidation sites excluding steroid dienone is 2. The van der Waals surface area contributed by atoms with Gasteiger partial charge in [0.15, 0.2) is 11.6 Å². The maximum Gasteiger partial charge on any atom is 0.165 e. The first kappa shape index (κ1) is 12.7. The van der Waals surface area contributed by atoms with Gasteiger partial charge in [0.05, 0.1) is 0 Å². The average Bonchev–Trinajstić information content (AvgIpc) is 2.40. The van der Waals surface area contributed by atoms with E-state index in [1.165, 1.54) is 18.6 Å². The lowest BCUT2D eigenvalue weighted by Gasteiger charge is -2.06. The van der Waals surface area contributed by atoms with E-state index in [9.17, 15) is 8.78 Å². The van der Waals surface area contributed by atoms with E-state index in [1.807, 2.05) is 0 Å². The molecule has 0 spiro atoms. The van der Waals surface area contributed by atoms with Gasteiger partial charge in [-0.3, -0.25) is 0 Å². The Labute approximate surface area is 105 Å². The second-order valence-electron chi connectivity index (χ2n) is 4.16. The molecule has 0 bridgehead atoms. The van der Waals surface area contributed by atoms with Gasteiger partial charge in [0, 0.05) is 5.56 Å². The summed E-state index contributed by atoms with van der Waals surface area (Å²) < 4.78 is 26.1. The molecule has 0 atom stereocenters. The van der Waals surface area contributed by atoms with Crippen LogP contribution in [0.4, 0.5) is 8.78 Å². The standard InChI is InChI=1S/C14H14F2NO/c15-13-8-4-7-12(14(13)16)10-18-17-9-11-5-2-1-3-6-11/h4-5,7-8H,1-3,6,10H2. The zero-order chi connectivity index (χ0) is 12.8. The van der Waals surface area contributed by atoms with Crippen LogP contribution >= 0.6 is 0 Å². The van der Waals surface area contributed by atoms with Crippen molar-refractivity contribution < 1.29 is 13.6 Å². The van der Waals surface area contributed by atoms with E-state index in [4.69, 9.17) is 4.84 Å². The van der Waals surface area contributed by atoms with Crippen LogP contribution in [0.1, 0.15) is 31.2 Å². The van der Waals surface area contributed by atoms with E-state index in [-0.39, 0.29) is 12.2 Å². The number of nitrogens with zero attached hydrogens (tertiary/aromatic N) is 1. The Hall–Kier alpha value is -1.71. The highest BCUT2D eigenvalue weighted by atomic mass is 19.2. The summed E-state index contributed by atoms with van der Waals surface area (Å²) in [7, 11) is 0. The van der Waals surface area contributed by atoms with Gasteiger partial charge in [-0.2, -0.15) is 0 Å². The van der Waals surface area contributed by atoms with Crippen molar-refractivity contribution >= 4 is 6.21 Å². The van der Waals surface area contributed by atoms with Gasteiger partial charge in [0.1, 0.15) is 12.8 Å². The van der Waals surface area contributed by atoms with Gasteiger partial charge < -0.3 is 4.84 Å². The quantitative estimate of drug-likeness (QED) is 0.587. The Morgan fingerprint density at radius 1 is 1.28 bits per heavy atom. The SMILES string of the molecule is Fc1cccc(CO/N=[C]\C2=CCCCC2)c1F. The zero-order valence-corrected chi connectivity index (χ0v) is 9.96. The topological polar surface area (TPSA) is 21.6 Å². The number of hydrogen-bond donors (Lipinski definition) is 0. The summed E-state index contributed by atoms with van der Waals surface area (Å²) in [4.78, 5) is 4.92. The third-order valence-electron chi connectivity index (χ3n) is 2.80. The predicted octanol–water partition coefficient (Wildman–Crippen LogP) is 3.84. The van der Waals surface area contributed by atoms with Crippen molar-refractivity contribution in [2.75, 3.05) is 0 Å². The highest BCUT2D eigenvalue weighted by molar-refractivity contribution is 5.78. The summed E-state index contributed by atoms with van der Waals surface area (Å²) in [6.45, 7) is -0.0934. The van der Waals surface area contributed by atoms with Crippen molar-refractivity contribution in [1.29, 1.82) is 0 Å². The van der Waals surface area contributed by atoms with Crippen molar-refractivity contribution in [2.45, 2.75) is 32.3 Å². The van der Waals surface area contributed by atoms with Crippen molar-refractivity contribution in [2.24, 2.45) is 5.16 Å². The minimum atomic E-state index is -0.885. The van der Waals surface area contributed by atoms with Crippen LogP contribution in [-0.4, -0.2) is 6.21 Å². The second kappa shape index (κ2) is 6.28. The molecule has 1 aromatic rings. The van der Waals surface area contributed by atoms with Crippen LogP contribution in [0.15, 0.2) is 35.0 Å². The molecule has 0 aliphatic heterocycles. The molecule has 2 nitrogen and oxygen atoms in total. The molecule has 18 heavy (non-hydrogen) atoms. The van der Waals surface area contributed by atoms with Gasteiger partial charge in [-0.15, -0.1) is 0 Å². The highest BCUT2D eigenvalue weighted by Gasteiger charge is 2.07. The van der Waals surface area contributed by atoms with Crippen LogP contribution in [0, 0.1) is 11.6 Å². The van der Waals surface area contributed by atoms with Gasteiger partial charge in [-0.05, 0) is 37.3 Å². The van der Waals surface area contributed by atoms with E-state index in [0.29, 0.717) is 0 Å². The van der Waals surface area contributed by atoms with Gasteiger partial charge >= 0.3 is 0 Å². The van der Waals surface area contributed by atoms with Crippen LogP contribution < -0.4 is 0 Å². The maximum absolute atomic E-state index is 13.3. The summed E-state index contributed by atoms with van der Waals surface area (Å²) in [6, 6.07) is 3.98. The monoisotopic (exact) mass is 250 g/mol. The molecule has 1 aliphatic rings. The number of rotatable bonds is 4. The maximum atomic E-state index is 13.3. The molecule has 1 aromatic carbocycles. The van der Waals surface area contributed by atoms with E-state index < -0.39 is 11.6 Å². The number of hydrogen-bond acceptors (Lipinski definition) is 2. The van der Waals surface area contributed by atoms with Gasteiger partial charge in [0.2, 0.25) is 0 Å². The molecule has 4 heteroatoms. The van der Waals surface area contributed by atoms with Crippen LogP contribution in [0.3, 0.4) is 0 Å². The second-order valence-corrected chi connectivity index (χ2v) is 4.16. The van der Waals surface area contributed by atoms with Crippen LogP contribution in [0.25, 0.3) is 0 Å². The first-order valence-electron chi connectivity index (χ1n) is 5.97. The summed E-state index contributed by atoms with van der Waals surface area (Å²) in [5, 5.41) is 3.65. The lowest BCUT2D eigenvalue weighted by Crippen LogP contribution is -1.96. The minimum absolute atomic E-state index is 0.0934. The predicted molar refractivity (Wildman–Crippen MR) is 65.1 cm³/mol. The fourth-order valence-corrected chi connectivity index (χ4v) is 1.79. The zero-order valence-electron chi connectivity index (χ0n) is 9.96. The van der Waals surface area contributed by atoms with Gasteiger partial charge in [-0.25, -0.2) is 8.78 Å². The van der Waals surface area contributed by atoms with Gasteiger partial charge in [0.25, 0.3) is 0 Å². The molecule has 0 fully saturated rings. The third kappa shape index (κ3) is 3.39. The summed E-state index contributed by atoms with van der Waals surface area (Å²) in [5.41, 5.74) is 1.17. The molecule has 0 heterocycles. The molecule has 0 saturated carbocycles.